The first-order chi connectivity index (χ1) is 11.6. The van der Waals surface area contributed by atoms with Crippen LogP contribution in [0.2, 0.25) is 0 Å². The number of carbonyl (C=O) groups is 1. The Balaban J connectivity index is 1.60. The molecule has 0 saturated carbocycles. The molecule has 6 heteroatoms. The average molecular weight is 358 g/mol. The SMILES string of the molecule is Cc1nc(CSc2ccc(C(=O)Nc3cccc(F)c3)cc2)cs1. The second-order valence-corrected chi connectivity index (χ2v) is 7.25. The largest absolute Gasteiger partial charge is 0.322 e. The molecule has 0 fully saturated rings. The number of nitrogens with zero attached hydrogens (tertiary/aromatic N) is 1. The van der Waals surface area contributed by atoms with Gasteiger partial charge in [0.2, 0.25) is 0 Å². The Morgan fingerprint density at radius 2 is 2.04 bits per heavy atom. The minimum atomic E-state index is -0.378. The molecule has 0 spiro atoms. The van der Waals surface area contributed by atoms with Crippen LogP contribution < -0.4 is 5.32 Å². The minimum Gasteiger partial charge on any atom is -0.322 e. The van der Waals surface area contributed by atoms with Gasteiger partial charge in [0.05, 0.1) is 10.7 Å². The number of amides is 1. The molecule has 1 amide bonds. The number of nitrogens with one attached hydrogen (secondary N) is 1. The number of anilines is 1. The van der Waals surface area contributed by atoms with Gasteiger partial charge >= 0.3 is 0 Å². The number of rotatable bonds is 5. The molecule has 1 heterocycles. The lowest BCUT2D eigenvalue weighted by Crippen LogP contribution is -2.11. The predicted octanol–water partition coefficient (Wildman–Crippen LogP) is 5.14. The third-order valence-corrected chi connectivity index (χ3v) is 5.12. The summed E-state index contributed by atoms with van der Waals surface area (Å²) < 4.78 is 13.1. The summed E-state index contributed by atoms with van der Waals surface area (Å²) >= 11 is 3.32. The van der Waals surface area contributed by atoms with E-state index in [0.717, 1.165) is 21.3 Å². The smallest absolute Gasteiger partial charge is 0.255 e. The van der Waals surface area contributed by atoms with E-state index in [1.54, 1.807) is 47.4 Å². The molecule has 24 heavy (non-hydrogen) atoms. The minimum absolute atomic E-state index is 0.257. The summed E-state index contributed by atoms with van der Waals surface area (Å²) in [4.78, 5) is 17.7. The lowest BCUT2D eigenvalue weighted by Gasteiger charge is -2.06. The van der Waals surface area contributed by atoms with Gasteiger partial charge in [-0.05, 0) is 49.4 Å². The van der Waals surface area contributed by atoms with Crippen molar-refractivity contribution in [3.63, 3.8) is 0 Å². The first-order valence-corrected chi connectivity index (χ1v) is 9.17. The maximum absolute atomic E-state index is 13.1. The lowest BCUT2D eigenvalue weighted by atomic mass is 10.2. The van der Waals surface area contributed by atoms with E-state index < -0.39 is 0 Å². The Labute approximate surface area is 148 Å². The lowest BCUT2D eigenvalue weighted by molar-refractivity contribution is 0.102. The highest BCUT2D eigenvalue weighted by Gasteiger charge is 2.07. The van der Waals surface area contributed by atoms with Crippen LogP contribution in [-0.2, 0) is 5.75 Å². The Kier molecular flexibility index (Phi) is 5.27. The summed E-state index contributed by atoms with van der Waals surface area (Å²) in [6.45, 7) is 1.99. The molecule has 3 nitrogen and oxygen atoms in total. The van der Waals surface area contributed by atoms with Gasteiger partial charge in [-0.15, -0.1) is 23.1 Å². The molecule has 0 atom stereocenters. The zero-order valence-electron chi connectivity index (χ0n) is 13.0. The molecule has 0 saturated heterocycles. The third-order valence-electron chi connectivity index (χ3n) is 3.25. The number of thiazole rings is 1. The van der Waals surface area contributed by atoms with Gasteiger partial charge in [0.25, 0.3) is 5.91 Å². The maximum Gasteiger partial charge on any atom is 0.255 e. The molecular weight excluding hydrogens is 343 g/mol. The van der Waals surface area contributed by atoms with Crippen LogP contribution in [0.1, 0.15) is 21.1 Å². The Morgan fingerprint density at radius 3 is 2.71 bits per heavy atom. The molecule has 0 aliphatic heterocycles. The van der Waals surface area contributed by atoms with E-state index in [2.05, 4.69) is 15.7 Å². The summed E-state index contributed by atoms with van der Waals surface area (Å²) in [5, 5.41) is 5.81. The van der Waals surface area contributed by atoms with E-state index in [4.69, 9.17) is 0 Å². The van der Waals surface area contributed by atoms with E-state index in [0.29, 0.717) is 11.3 Å². The zero-order valence-corrected chi connectivity index (χ0v) is 14.6. The number of hydrogen-bond donors (Lipinski definition) is 1. The van der Waals surface area contributed by atoms with E-state index in [-0.39, 0.29) is 11.7 Å². The third kappa shape index (κ3) is 4.43. The van der Waals surface area contributed by atoms with Crippen molar-refractivity contribution < 1.29 is 9.18 Å². The fraction of sp³-hybridized carbons (Fsp3) is 0.111. The monoisotopic (exact) mass is 358 g/mol. The molecule has 2 aromatic carbocycles. The van der Waals surface area contributed by atoms with Crippen LogP contribution in [0.3, 0.4) is 0 Å². The van der Waals surface area contributed by atoms with E-state index >= 15 is 0 Å². The zero-order chi connectivity index (χ0) is 16.9. The van der Waals surface area contributed by atoms with E-state index in [9.17, 15) is 9.18 Å². The first kappa shape index (κ1) is 16.7. The Bertz CT molecular complexity index is 846. The van der Waals surface area contributed by atoms with Gasteiger partial charge in [-0.2, -0.15) is 0 Å². The number of hydrogen-bond acceptors (Lipinski definition) is 4. The second-order valence-electron chi connectivity index (χ2n) is 5.14. The van der Waals surface area contributed by atoms with Crippen molar-refractivity contribution >= 4 is 34.7 Å². The molecule has 0 aliphatic rings. The number of aryl methyl sites for hydroxylation is 1. The predicted molar refractivity (Wildman–Crippen MR) is 97.2 cm³/mol. The van der Waals surface area contributed by atoms with Crippen molar-refractivity contribution in [2.24, 2.45) is 0 Å². The molecule has 122 valence electrons. The van der Waals surface area contributed by atoms with Crippen molar-refractivity contribution in [3.8, 4) is 0 Å². The summed E-state index contributed by atoms with van der Waals surface area (Å²) in [5.74, 6) is 0.170. The molecule has 3 aromatic rings. The van der Waals surface area contributed by atoms with E-state index in [1.165, 1.54) is 12.1 Å². The molecule has 1 N–H and O–H groups in total. The van der Waals surface area contributed by atoms with Crippen LogP contribution in [0, 0.1) is 12.7 Å². The summed E-state index contributed by atoms with van der Waals surface area (Å²) in [6, 6.07) is 13.2. The highest BCUT2D eigenvalue weighted by atomic mass is 32.2. The average Bonchev–Trinajstić information content (AvgIpc) is 2.99. The molecule has 0 aliphatic carbocycles. The fourth-order valence-electron chi connectivity index (χ4n) is 2.10. The molecule has 3 rings (SSSR count). The normalized spacial score (nSPS) is 10.6. The first-order valence-electron chi connectivity index (χ1n) is 7.31. The number of halogens is 1. The van der Waals surface area contributed by atoms with Crippen LogP contribution in [0.5, 0.6) is 0 Å². The van der Waals surface area contributed by atoms with Crippen molar-refractivity contribution in [1.82, 2.24) is 4.98 Å². The van der Waals surface area contributed by atoms with Crippen molar-refractivity contribution in [3.05, 3.63) is 76.0 Å². The summed E-state index contributed by atoms with van der Waals surface area (Å²) in [6.07, 6.45) is 0. The summed E-state index contributed by atoms with van der Waals surface area (Å²) in [7, 11) is 0. The highest BCUT2D eigenvalue weighted by Crippen LogP contribution is 2.24. The van der Waals surface area contributed by atoms with Gasteiger partial charge in [0.1, 0.15) is 5.82 Å². The van der Waals surface area contributed by atoms with Crippen molar-refractivity contribution in [1.29, 1.82) is 0 Å². The quantitative estimate of drug-likeness (QED) is 0.643. The Hall–Kier alpha value is -2.18. The Morgan fingerprint density at radius 1 is 1.25 bits per heavy atom. The fourth-order valence-corrected chi connectivity index (χ4v) is 3.61. The molecule has 0 bridgehead atoms. The van der Waals surface area contributed by atoms with E-state index in [1.807, 2.05) is 19.1 Å². The highest BCUT2D eigenvalue weighted by molar-refractivity contribution is 7.98. The van der Waals surface area contributed by atoms with Gasteiger partial charge in [0.15, 0.2) is 0 Å². The number of benzene rings is 2. The molecule has 0 radical (unpaired) electrons. The van der Waals surface area contributed by atoms with Gasteiger partial charge in [-0.1, -0.05) is 6.07 Å². The van der Waals surface area contributed by atoms with Gasteiger partial charge in [-0.3, -0.25) is 4.79 Å². The van der Waals surface area contributed by atoms with Crippen LogP contribution in [0.4, 0.5) is 10.1 Å². The van der Waals surface area contributed by atoms with Crippen molar-refractivity contribution in [2.45, 2.75) is 17.6 Å². The van der Waals surface area contributed by atoms with Gasteiger partial charge in [0, 0.05) is 27.3 Å². The molecule has 1 aromatic heterocycles. The van der Waals surface area contributed by atoms with Crippen LogP contribution in [-0.4, -0.2) is 10.9 Å². The van der Waals surface area contributed by atoms with Crippen LogP contribution in [0.15, 0.2) is 58.8 Å². The van der Waals surface area contributed by atoms with Crippen LogP contribution >= 0.6 is 23.1 Å². The number of aromatic nitrogens is 1. The molecule has 0 unspecified atom stereocenters. The summed E-state index contributed by atoms with van der Waals surface area (Å²) in [5.41, 5.74) is 2.04. The topological polar surface area (TPSA) is 42.0 Å². The standard InChI is InChI=1S/C18H15FN2OS2/c1-12-20-16(10-23-12)11-24-17-7-5-13(6-8-17)18(22)21-15-4-2-3-14(19)9-15/h2-10H,11H2,1H3,(H,21,22). The van der Waals surface area contributed by atoms with Crippen LogP contribution in [0.25, 0.3) is 0 Å². The van der Waals surface area contributed by atoms with Gasteiger partial charge < -0.3 is 5.32 Å². The maximum atomic E-state index is 13.1. The van der Waals surface area contributed by atoms with Gasteiger partial charge in [-0.25, -0.2) is 9.37 Å². The second kappa shape index (κ2) is 7.59. The molecular formula is C18H15FN2OS2. The van der Waals surface area contributed by atoms with Crippen molar-refractivity contribution in [2.75, 3.05) is 5.32 Å². The number of thioether (sulfide) groups is 1. The number of carbonyl (C=O) groups excluding carboxylic acids is 1.